The van der Waals surface area contributed by atoms with Gasteiger partial charge in [-0.3, -0.25) is 9.36 Å². The summed E-state index contributed by atoms with van der Waals surface area (Å²) in [5.74, 6) is 1.71. The van der Waals surface area contributed by atoms with E-state index in [9.17, 15) is 4.79 Å². The molecule has 6 nitrogen and oxygen atoms in total. The first kappa shape index (κ1) is 26.5. The monoisotopic (exact) mass is 514 g/mol. The van der Waals surface area contributed by atoms with Crippen LogP contribution in [0.2, 0.25) is 0 Å². The van der Waals surface area contributed by atoms with Crippen LogP contribution >= 0.6 is 11.8 Å². The molecule has 0 aliphatic rings. The highest BCUT2D eigenvalue weighted by molar-refractivity contribution is 7.99. The molecule has 1 aromatic heterocycles. The molecule has 0 saturated heterocycles. The standard InChI is InChI=1S/C30H34N4O2S/c1-22(2)33(24-12-8-6-9-13-24)28(35)21-37-29-32-31-27(34(29)25-14-10-7-11-15-25)20-36-26-18-16-23(17-19-26)30(3,4)5/h6-19,22H,20-21H2,1-5H3. The molecule has 4 aromatic rings. The third-order valence-corrected chi connectivity index (χ3v) is 6.86. The predicted molar refractivity (Wildman–Crippen MR) is 151 cm³/mol. The third-order valence-electron chi connectivity index (χ3n) is 5.95. The van der Waals surface area contributed by atoms with Crippen molar-refractivity contribution in [3.05, 3.63) is 96.3 Å². The first-order valence-corrected chi connectivity index (χ1v) is 13.5. The van der Waals surface area contributed by atoms with Gasteiger partial charge < -0.3 is 9.64 Å². The molecule has 1 amide bonds. The number of anilines is 1. The Labute approximate surface area is 223 Å². The van der Waals surface area contributed by atoms with Gasteiger partial charge in [0.1, 0.15) is 12.4 Å². The summed E-state index contributed by atoms with van der Waals surface area (Å²) >= 11 is 1.38. The quantitative estimate of drug-likeness (QED) is 0.233. The lowest BCUT2D eigenvalue weighted by Gasteiger charge is -2.26. The van der Waals surface area contributed by atoms with Gasteiger partial charge in [0, 0.05) is 17.4 Å². The lowest BCUT2D eigenvalue weighted by molar-refractivity contribution is -0.116. The number of hydrogen-bond acceptors (Lipinski definition) is 5. The van der Waals surface area contributed by atoms with Crippen molar-refractivity contribution in [2.45, 2.75) is 57.8 Å². The first-order chi connectivity index (χ1) is 17.7. The van der Waals surface area contributed by atoms with Gasteiger partial charge in [-0.05, 0) is 61.2 Å². The van der Waals surface area contributed by atoms with Gasteiger partial charge in [0.05, 0.1) is 5.75 Å². The van der Waals surface area contributed by atoms with Gasteiger partial charge in [0.2, 0.25) is 5.91 Å². The lowest BCUT2D eigenvalue weighted by atomic mass is 9.87. The molecule has 0 aliphatic heterocycles. The second-order valence-corrected chi connectivity index (χ2v) is 11.1. The van der Waals surface area contributed by atoms with Crippen molar-refractivity contribution < 1.29 is 9.53 Å². The molecule has 7 heteroatoms. The Hall–Kier alpha value is -3.58. The summed E-state index contributed by atoms with van der Waals surface area (Å²) in [6.07, 6.45) is 0. The molecule has 0 saturated carbocycles. The fourth-order valence-electron chi connectivity index (χ4n) is 4.04. The molecule has 1 heterocycles. The SMILES string of the molecule is CC(C)N(C(=O)CSc1nnc(COc2ccc(C(C)(C)C)cc2)n1-c1ccccc1)c1ccccc1. The number of amides is 1. The number of carbonyl (C=O) groups excluding carboxylic acids is 1. The maximum absolute atomic E-state index is 13.2. The Kier molecular flexibility index (Phi) is 8.34. The van der Waals surface area contributed by atoms with E-state index in [1.165, 1.54) is 17.3 Å². The van der Waals surface area contributed by atoms with E-state index in [4.69, 9.17) is 4.74 Å². The van der Waals surface area contributed by atoms with Crippen LogP contribution in [-0.4, -0.2) is 32.5 Å². The van der Waals surface area contributed by atoms with Gasteiger partial charge in [-0.1, -0.05) is 81.1 Å². The molecule has 37 heavy (non-hydrogen) atoms. The minimum atomic E-state index is 0.0190. The van der Waals surface area contributed by atoms with E-state index in [1.54, 1.807) is 0 Å². The number of hydrogen-bond donors (Lipinski definition) is 0. The van der Waals surface area contributed by atoms with Crippen LogP contribution in [0, 0.1) is 0 Å². The molecule has 0 aliphatic carbocycles. The van der Waals surface area contributed by atoms with Crippen molar-refractivity contribution in [3.63, 3.8) is 0 Å². The molecule has 0 radical (unpaired) electrons. The first-order valence-electron chi connectivity index (χ1n) is 12.5. The number of rotatable bonds is 9. The molecule has 0 atom stereocenters. The summed E-state index contributed by atoms with van der Waals surface area (Å²) in [6, 6.07) is 27.9. The van der Waals surface area contributed by atoms with Crippen LogP contribution < -0.4 is 9.64 Å². The summed E-state index contributed by atoms with van der Waals surface area (Å²) in [4.78, 5) is 15.1. The third kappa shape index (κ3) is 6.60. The van der Waals surface area contributed by atoms with Crippen molar-refractivity contribution in [1.29, 1.82) is 0 Å². The van der Waals surface area contributed by atoms with Gasteiger partial charge in [-0.15, -0.1) is 10.2 Å². The second-order valence-electron chi connectivity index (χ2n) is 10.1. The fraction of sp³-hybridized carbons (Fsp3) is 0.300. The zero-order valence-corrected chi connectivity index (χ0v) is 22.9. The van der Waals surface area contributed by atoms with Gasteiger partial charge in [0.15, 0.2) is 11.0 Å². The molecular weight excluding hydrogens is 480 g/mol. The zero-order valence-electron chi connectivity index (χ0n) is 22.1. The van der Waals surface area contributed by atoms with Crippen LogP contribution in [0.4, 0.5) is 5.69 Å². The van der Waals surface area contributed by atoms with Crippen LogP contribution in [-0.2, 0) is 16.8 Å². The van der Waals surface area contributed by atoms with E-state index in [0.717, 1.165) is 17.1 Å². The molecule has 0 fully saturated rings. The maximum atomic E-state index is 13.2. The highest BCUT2D eigenvalue weighted by Gasteiger charge is 2.22. The van der Waals surface area contributed by atoms with Crippen LogP contribution in [0.15, 0.2) is 90.1 Å². The van der Waals surface area contributed by atoms with E-state index in [0.29, 0.717) is 11.0 Å². The average molecular weight is 515 g/mol. The molecule has 4 rings (SSSR count). The van der Waals surface area contributed by atoms with Crippen molar-refractivity contribution in [3.8, 4) is 11.4 Å². The largest absolute Gasteiger partial charge is 0.486 e. The van der Waals surface area contributed by atoms with Crippen molar-refractivity contribution in [2.24, 2.45) is 0 Å². The van der Waals surface area contributed by atoms with Crippen LogP contribution in [0.3, 0.4) is 0 Å². The van der Waals surface area contributed by atoms with Crippen LogP contribution in [0.25, 0.3) is 5.69 Å². The molecule has 0 N–H and O–H groups in total. The Morgan fingerprint density at radius 2 is 1.54 bits per heavy atom. The van der Waals surface area contributed by atoms with Crippen LogP contribution in [0.1, 0.15) is 46.0 Å². The topological polar surface area (TPSA) is 60.3 Å². The number of nitrogens with zero attached hydrogens (tertiary/aromatic N) is 4. The van der Waals surface area contributed by atoms with Gasteiger partial charge in [-0.2, -0.15) is 0 Å². The van der Waals surface area contributed by atoms with Crippen molar-refractivity contribution in [2.75, 3.05) is 10.7 Å². The molecule has 0 spiro atoms. The zero-order chi connectivity index (χ0) is 26.4. The summed E-state index contributed by atoms with van der Waals surface area (Å²) in [7, 11) is 0. The number of thioether (sulfide) groups is 1. The summed E-state index contributed by atoms with van der Waals surface area (Å²) in [6.45, 7) is 10.9. The second kappa shape index (κ2) is 11.6. The Morgan fingerprint density at radius 3 is 2.14 bits per heavy atom. The Bertz CT molecular complexity index is 1300. The predicted octanol–water partition coefficient (Wildman–Crippen LogP) is 6.68. The highest BCUT2D eigenvalue weighted by atomic mass is 32.2. The molecule has 0 bridgehead atoms. The molecule has 192 valence electrons. The van der Waals surface area contributed by atoms with Crippen molar-refractivity contribution >= 4 is 23.4 Å². The summed E-state index contributed by atoms with van der Waals surface area (Å²) in [5.41, 5.74) is 3.15. The molecule has 3 aromatic carbocycles. The van der Waals surface area contributed by atoms with E-state index >= 15 is 0 Å². The number of aromatic nitrogens is 3. The number of ether oxygens (including phenoxy) is 1. The van der Waals surface area contributed by atoms with Gasteiger partial charge in [0.25, 0.3) is 0 Å². The van der Waals surface area contributed by atoms with E-state index < -0.39 is 0 Å². The van der Waals surface area contributed by atoms with Gasteiger partial charge in [-0.25, -0.2) is 0 Å². The minimum Gasteiger partial charge on any atom is -0.486 e. The Balaban J connectivity index is 1.52. The maximum Gasteiger partial charge on any atom is 0.237 e. The number of carbonyl (C=O) groups is 1. The molecular formula is C30H34N4O2S. The van der Waals surface area contributed by atoms with Crippen molar-refractivity contribution in [1.82, 2.24) is 14.8 Å². The normalized spacial score (nSPS) is 11.5. The van der Waals surface area contributed by atoms with E-state index in [1.807, 2.05) is 96.1 Å². The fourth-order valence-corrected chi connectivity index (χ4v) is 4.87. The van der Waals surface area contributed by atoms with Gasteiger partial charge >= 0.3 is 0 Å². The average Bonchev–Trinajstić information content (AvgIpc) is 3.30. The smallest absolute Gasteiger partial charge is 0.237 e. The Morgan fingerprint density at radius 1 is 0.919 bits per heavy atom. The van der Waals surface area contributed by atoms with E-state index in [-0.39, 0.29) is 29.7 Å². The minimum absolute atomic E-state index is 0.0190. The molecule has 0 unspecified atom stereocenters. The van der Waals surface area contributed by atoms with Crippen LogP contribution in [0.5, 0.6) is 5.75 Å². The highest BCUT2D eigenvalue weighted by Crippen LogP contribution is 2.27. The summed E-state index contributed by atoms with van der Waals surface area (Å²) < 4.78 is 8.04. The lowest BCUT2D eigenvalue weighted by Crippen LogP contribution is -2.38. The number of benzene rings is 3. The van der Waals surface area contributed by atoms with E-state index in [2.05, 4.69) is 43.1 Å². The summed E-state index contributed by atoms with van der Waals surface area (Å²) in [5, 5.41) is 9.50. The number of para-hydroxylation sites is 2.